The van der Waals surface area contributed by atoms with Crippen LogP contribution in [-0.4, -0.2) is 55.4 Å². The number of sulfone groups is 1. The molecule has 0 bridgehead atoms. The van der Waals surface area contributed by atoms with Gasteiger partial charge < -0.3 is 9.64 Å². The molecule has 1 saturated heterocycles. The van der Waals surface area contributed by atoms with E-state index in [1.54, 1.807) is 12.4 Å². The molecule has 1 aliphatic heterocycles. The lowest BCUT2D eigenvalue weighted by atomic mass is 9.96. The average molecular weight is 380 g/mol. The molecule has 2 rings (SSSR count). The first kappa shape index (κ1) is 20.2. The van der Waals surface area contributed by atoms with E-state index < -0.39 is 20.5 Å². The Kier molecular flexibility index (Phi) is 6.64. The molecule has 142 valence electrons. The van der Waals surface area contributed by atoms with Gasteiger partial charge in [-0.3, -0.25) is 10.0 Å². The largest absolute Gasteiger partial charge is 0.481 e. The molecule has 0 spiro atoms. The molecule has 0 saturated carbocycles. The van der Waals surface area contributed by atoms with E-state index in [0.29, 0.717) is 18.7 Å². The van der Waals surface area contributed by atoms with Crippen LogP contribution in [0.2, 0.25) is 0 Å². The fourth-order valence-corrected chi connectivity index (χ4v) is 5.14. The van der Waals surface area contributed by atoms with Crippen LogP contribution < -0.4 is 10.2 Å². The number of benzene rings is 1. The standard InChI is InChI=1S/C18H24N2O5S/c1-3-5-13-25-15-7-9-16(10-8-15)26(23,24)18(17(21)19-22)11-6-12-20(4-2)14-18/h7-10,22H,4,6,11-14H2,1-2H3,(H,19,21). The van der Waals surface area contributed by atoms with Crippen molar-refractivity contribution in [2.45, 2.75) is 36.3 Å². The predicted molar refractivity (Wildman–Crippen MR) is 96.6 cm³/mol. The van der Waals surface area contributed by atoms with E-state index in [4.69, 9.17) is 4.74 Å². The molecule has 1 heterocycles. The van der Waals surface area contributed by atoms with Crippen LogP contribution in [0.3, 0.4) is 0 Å². The van der Waals surface area contributed by atoms with Gasteiger partial charge in [0, 0.05) is 6.54 Å². The summed E-state index contributed by atoms with van der Waals surface area (Å²) in [6.07, 6.45) is 0.708. The van der Waals surface area contributed by atoms with Gasteiger partial charge in [-0.25, -0.2) is 13.9 Å². The lowest BCUT2D eigenvalue weighted by molar-refractivity contribution is -0.133. The van der Waals surface area contributed by atoms with Crippen LogP contribution in [0.4, 0.5) is 0 Å². The van der Waals surface area contributed by atoms with Crippen LogP contribution in [0.5, 0.6) is 5.75 Å². The monoisotopic (exact) mass is 380 g/mol. The maximum Gasteiger partial charge on any atom is 0.266 e. The van der Waals surface area contributed by atoms with Crippen molar-refractivity contribution in [1.82, 2.24) is 10.4 Å². The number of hydrogen-bond donors (Lipinski definition) is 2. The molecular weight excluding hydrogens is 356 g/mol. The van der Waals surface area contributed by atoms with Gasteiger partial charge in [-0.2, -0.15) is 0 Å². The van der Waals surface area contributed by atoms with E-state index in [-0.39, 0.29) is 24.5 Å². The number of carbonyl (C=O) groups is 1. The molecule has 1 aromatic carbocycles. The Balaban J connectivity index is 2.37. The van der Waals surface area contributed by atoms with Crippen LogP contribution in [0.15, 0.2) is 29.2 Å². The fourth-order valence-electron chi connectivity index (χ4n) is 3.14. The van der Waals surface area contributed by atoms with Crippen molar-refractivity contribution >= 4 is 15.7 Å². The molecule has 0 aliphatic carbocycles. The summed E-state index contributed by atoms with van der Waals surface area (Å²) in [6, 6.07) is 5.91. The minimum atomic E-state index is -4.02. The number of nitrogens with zero attached hydrogens (tertiary/aromatic N) is 1. The highest BCUT2D eigenvalue weighted by atomic mass is 32.2. The Hall–Kier alpha value is -2.08. The Morgan fingerprint density at radius 1 is 1.38 bits per heavy atom. The third-order valence-electron chi connectivity index (χ3n) is 4.63. The number of nitrogens with one attached hydrogen (secondary N) is 1. The van der Waals surface area contributed by atoms with Crippen molar-refractivity contribution in [1.29, 1.82) is 0 Å². The zero-order valence-corrected chi connectivity index (χ0v) is 15.8. The fraction of sp³-hybridized carbons (Fsp3) is 0.500. The Morgan fingerprint density at radius 2 is 2.08 bits per heavy atom. The summed E-state index contributed by atoms with van der Waals surface area (Å²) in [6.45, 7) is 5.21. The molecule has 7 nitrogen and oxygen atoms in total. The van der Waals surface area contributed by atoms with Gasteiger partial charge >= 0.3 is 0 Å². The molecule has 1 unspecified atom stereocenters. The number of amides is 1. The van der Waals surface area contributed by atoms with Crippen molar-refractivity contribution in [2.75, 3.05) is 26.2 Å². The topological polar surface area (TPSA) is 95.9 Å². The van der Waals surface area contributed by atoms with Gasteiger partial charge in [-0.15, -0.1) is 5.92 Å². The van der Waals surface area contributed by atoms with Crippen LogP contribution in [0.25, 0.3) is 0 Å². The molecule has 8 heteroatoms. The first-order valence-electron chi connectivity index (χ1n) is 8.45. The molecular formula is C18H24N2O5S. The molecule has 0 radical (unpaired) electrons. The van der Waals surface area contributed by atoms with Crippen LogP contribution in [-0.2, 0) is 14.6 Å². The van der Waals surface area contributed by atoms with Crippen LogP contribution >= 0.6 is 0 Å². The van der Waals surface area contributed by atoms with E-state index in [1.165, 1.54) is 24.3 Å². The SMILES string of the molecule is CC#CCOc1ccc(S(=O)(=O)C2(C(=O)NO)CCCN(CC)C2)cc1. The minimum Gasteiger partial charge on any atom is -0.481 e. The van der Waals surface area contributed by atoms with Crippen LogP contribution in [0.1, 0.15) is 26.7 Å². The smallest absolute Gasteiger partial charge is 0.266 e. The molecule has 1 aliphatic rings. The van der Waals surface area contributed by atoms with Crippen molar-refractivity contribution in [3.8, 4) is 17.6 Å². The normalized spacial score (nSPS) is 20.7. The van der Waals surface area contributed by atoms with Crippen molar-refractivity contribution < 1.29 is 23.2 Å². The maximum atomic E-state index is 13.3. The molecule has 1 atom stereocenters. The average Bonchev–Trinajstić information content (AvgIpc) is 2.67. The van der Waals surface area contributed by atoms with Crippen LogP contribution in [0, 0.1) is 11.8 Å². The number of ether oxygens (including phenoxy) is 1. The first-order valence-corrected chi connectivity index (χ1v) is 9.93. The van der Waals surface area contributed by atoms with Gasteiger partial charge in [0.1, 0.15) is 12.4 Å². The summed E-state index contributed by atoms with van der Waals surface area (Å²) in [7, 11) is -4.02. The van der Waals surface area contributed by atoms with Gasteiger partial charge in [0.25, 0.3) is 5.91 Å². The van der Waals surface area contributed by atoms with Crippen molar-refractivity contribution in [3.05, 3.63) is 24.3 Å². The lowest BCUT2D eigenvalue weighted by Gasteiger charge is -2.40. The molecule has 26 heavy (non-hydrogen) atoms. The minimum absolute atomic E-state index is 0.0213. The number of hydroxylamine groups is 1. The predicted octanol–water partition coefficient (Wildman–Crippen LogP) is 1.22. The summed E-state index contributed by atoms with van der Waals surface area (Å²) in [5, 5.41) is 9.17. The van der Waals surface area contributed by atoms with E-state index in [2.05, 4.69) is 11.8 Å². The van der Waals surface area contributed by atoms with Gasteiger partial charge in [0.15, 0.2) is 14.6 Å². The zero-order chi connectivity index (χ0) is 19.2. The second kappa shape index (κ2) is 8.54. The lowest BCUT2D eigenvalue weighted by Crippen LogP contribution is -2.60. The van der Waals surface area contributed by atoms with E-state index in [1.807, 2.05) is 11.8 Å². The van der Waals surface area contributed by atoms with Gasteiger partial charge in [-0.1, -0.05) is 12.8 Å². The van der Waals surface area contributed by atoms with Gasteiger partial charge in [-0.05, 0) is 57.1 Å². The Labute approximate surface area is 154 Å². The first-order chi connectivity index (χ1) is 12.4. The highest BCUT2D eigenvalue weighted by Gasteiger charge is 2.53. The van der Waals surface area contributed by atoms with Crippen molar-refractivity contribution in [2.24, 2.45) is 0 Å². The van der Waals surface area contributed by atoms with Gasteiger partial charge in [0.05, 0.1) is 4.90 Å². The summed E-state index contributed by atoms with van der Waals surface area (Å²) in [5.74, 6) is 5.06. The molecule has 0 aromatic heterocycles. The maximum absolute atomic E-state index is 13.3. The summed E-state index contributed by atoms with van der Waals surface area (Å²) >= 11 is 0. The van der Waals surface area contributed by atoms with E-state index >= 15 is 0 Å². The molecule has 1 aromatic rings. The van der Waals surface area contributed by atoms with E-state index in [0.717, 1.165) is 6.54 Å². The van der Waals surface area contributed by atoms with E-state index in [9.17, 15) is 18.4 Å². The second-order valence-corrected chi connectivity index (χ2v) is 8.36. The highest BCUT2D eigenvalue weighted by molar-refractivity contribution is 7.93. The molecule has 1 amide bonds. The Morgan fingerprint density at radius 3 is 2.65 bits per heavy atom. The highest BCUT2D eigenvalue weighted by Crippen LogP contribution is 2.35. The second-order valence-electron chi connectivity index (χ2n) is 6.10. The number of hydrogen-bond acceptors (Lipinski definition) is 6. The number of carbonyl (C=O) groups excluding carboxylic acids is 1. The Bertz CT molecular complexity index is 795. The molecule has 1 fully saturated rings. The molecule has 2 N–H and O–H groups in total. The summed E-state index contributed by atoms with van der Waals surface area (Å²) in [4.78, 5) is 14.3. The summed E-state index contributed by atoms with van der Waals surface area (Å²) in [5.41, 5.74) is 1.56. The van der Waals surface area contributed by atoms with Gasteiger partial charge in [0.2, 0.25) is 0 Å². The zero-order valence-electron chi connectivity index (χ0n) is 15.0. The number of likely N-dealkylation sites (tertiary alicyclic amines) is 1. The number of rotatable bonds is 6. The quantitative estimate of drug-likeness (QED) is 0.438. The van der Waals surface area contributed by atoms with Crippen molar-refractivity contribution in [3.63, 3.8) is 0 Å². The number of piperidine rings is 1. The third kappa shape index (κ3) is 3.85. The summed E-state index contributed by atoms with van der Waals surface area (Å²) < 4.78 is 30.2. The third-order valence-corrected chi connectivity index (χ3v) is 7.07.